The molecule has 3 rings (SSSR count). The standard InChI is InChI=1S/C12H12N2O2/c15-12(13-7-3-8-13)16-14-9-6-10-4-1-2-5-11(10)14/h1-2,4-6,9H,3,7-8H2. The normalized spacial score (nSPS) is 14.9. The van der Waals surface area contributed by atoms with Gasteiger partial charge in [0.15, 0.2) is 0 Å². The van der Waals surface area contributed by atoms with E-state index in [0.717, 1.165) is 30.4 Å². The second-order valence-corrected chi connectivity index (χ2v) is 3.90. The van der Waals surface area contributed by atoms with Crippen LogP contribution in [-0.2, 0) is 0 Å². The summed E-state index contributed by atoms with van der Waals surface area (Å²) in [5.74, 6) is 0. The molecule has 0 saturated carbocycles. The topological polar surface area (TPSA) is 34.5 Å². The lowest BCUT2D eigenvalue weighted by Crippen LogP contribution is -2.45. The van der Waals surface area contributed by atoms with Crippen molar-refractivity contribution in [3.63, 3.8) is 0 Å². The van der Waals surface area contributed by atoms with E-state index in [9.17, 15) is 4.79 Å². The van der Waals surface area contributed by atoms with E-state index in [4.69, 9.17) is 4.84 Å². The first-order valence-electron chi connectivity index (χ1n) is 5.38. The molecule has 1 aromatic heterocycles. The van der Waals surface area contributed by atoms with Crippen LogP contribution in [0.15, 0.2) is 36.5 Å². The monoisotopic (exact) mass is 216 g/mol. The second kappa shape index (κ2) is 3.56. The quantitative estimate of drug-likeness (QED) is 0.729. The SMILES string of the molecule is O=C(On1ccc2ccccc21)N1CCC1. The smallest absolute Gasteiger partial charge is 0.317 e. The minimum atomic E-state index is -0.271. The molecule has 0 N–H and O–H groups in total. The highest BCUT2D eigenvalue weighted by atomic mass is 16.7. The van der Waals surface area contributed by atoms with Crippen LogP contribution in [0.3, 0.4) is 0 Å². The van der Waals surface area contributed by atoms with E-state index in [1.165, 1.54) is 4.73 Å². The maximum Gasteiger partial charge on any atom is 0.434 e. The molecular formula is C12H12N2O2. The van der Waals surface area contributed by atoms with Gasteiger partial charge in [-0.15, -0.1) is 0 Å². The first kappa shape index (κ1) is 9.27. The van der Waals surface area contributed by atoms with Crippen molar-refractivity contribution in [1.29, 1.82) is 0 Å². The molecule has 0 atom stereocenters. The summed E-state index contributed by atoms with van der Waals surface area (Å²) in [5.41, 5.74) is 0.913. The molecule has 4 heteroatoms. The highest BCUT2D eigenvalue weighted by Crippen LogP contribution is 2.14. The van der Waals surface area contributed by atoms with Crippen LogP contribution in [0.4, 0.5) is 4.79 Å². The summed E-state index contributed by atoms with van der Waals surface area (Å²) in [6, 6.07) is 9.74. The molecule has 1 aliphatic rings. The van der Waals surface area contributed by atoms with Crippen molar-refractivity contribution < 1.29 is 9.63 Å². The summed E-state index contributed by atoms with van der Waals surface area (Å²) in [5, 5.41) is 1.07. The average Bonchev–Trinajstić information content (AvgIpc) is 2.59. The molecule has 1 amide bonds. The molecule has 16 heavy (non-hydrogen) atoms. The Bertz CT molecular complexity index is 529. The number of para-hydroxylation sites is 1. The van der Waals surface area contributed by atoms with Crippen LogP contribution >= 0.6 is 0 Å². The van der Waals surface area contributed by atoms with Gasteiger partial charge in [0, 0.05) is 24.7 Å². The molecule has 1 fully saturated rings. The summed E-state index contributed by atoms with van der Waals surface area (Å²) in [6.07, 6.45) is 2.57. The van der Waals surface area contributed by atoms with Crippen molar-refractivity contribution in [3.8, 4) is 0 Å². The van der Waals surface area contributed by atoms with E-state index >= 15 is 0 Å². The minimum Gasteiger partial charge on any atom is -0.317 e. The summed E-state index contributed by atoms with van der Waals surface area (Å²) < 4.78 is 1.52. The Morgan fingerprint density at radius 1 is 1.19 bits per heavy atom. The first-order valence-corrected chi connectivity index (χ1v) is 5.38. The largest absolute Gasteiger partial charge is 0.434 e. The summed E-state index contributed by atoms with van der Waals surface area (Å²) in [4.78, 5) is 18.6. The van der Waals surface area contributed by atoms with Crippen molar-refractivity contribution in [2.45, 2.75) is 6.42 Å². The Morgan fingerprint density at radius 3 is 2.75 bits per heavy atom. The number of benzene rings is 1. The lowest BCUT2D eigenvalue weighted by atomic mass is 10.2. The zero-order valence-electron chi connectivity index (χ0n) is 8.80. The minimum absolute atomic E-state index is 0.271. The van der Waals surface area contributed by atoms with Gasteiger partial charge in [0.25, 0.3) is 0 Å². The number of rotatable bonds is 1. The Labute approximate surface area is 93.0 Å². The maximum atomic E-state index is 11.6. The van der Waals surface area contributed by atoms with E-state index in [1.807, 2.05) is 30.3 Å². The maximum absolute atomic E-state index is 11.6. The molecule has 0 spiro atoms. The second-order valence-electron chi connectivity index (χ2n) is 3.90. The molecule has 82 valence electrons. The number of carbonyl (C=O) groups excluding carboxylic acids is 1. The van der Waals surface area contributed by atoms with Crippen LogP contribution in [0.5, 0.6) is 0 Å². The predicted molar refractivity (Wildman–Crippen MR) is 60.1 cm³/mol. The third-order valence-corrected chi connectivity index (χ3v) is 2.85. The van der Waals surface area contributed by atoms with E-state index < -0.39 is 0 Å². The van der Waals surface area contributed by atoms with Crippen LogP contribution < -0.4 is 4.84 Å². The van der Waals surface area contributed by atoms with Crippen LogP contribution in [0.25, 0.3) is 10.9 Å². The molecule has 1 aliphatic heterocycles. The van der Waals surface area contributed by atoms with Gasteiger partial charge in [-0.1, -0.05) is 18.2 Å². The Morgan fingerprint density at radius 2 is 2.00 bits per heavy atom. The highest BCUT2D eigenvalue weighted by Gasteiger charge is 2.22. The molecule has 2 aromatic rings. The van der Waals surface area contributed by atoms with Gasteiger partial charge >= 0.3 is 6.09 Å². The van der Waals surface area contributed by atoms with E-state index in [2.05, 4.69) is 0 Å². The van der Waals surface area contributed by atoms with E-state index in [0.29, 0.717) is 0 Å². The van der Waals surface area contributed by atoms with Gasteiger partial charge in [0.05, 0.1) is 5.52 Å². The van der Waals surface area contributed by atoms with Gasteiger partial charge in [0.1, 0.15) is 0 Å². The number of amides is 1. The lowest BCUT2D eigenvalue weighted by Gasteiger charge is -2.29. The molecule has 0 unspecified atom stereocenters. The van der Waals surface area contributed by atoms with Crippen molar-refractivity contribution >= 4 is 17.0 Å². The van der Waals surface area contributed by atoms with Crippen LogP contribution in [0, 0.1) is 0 Å². The van der Waals surface area contributed by atoms with Gasteiger partial charge < -0.3 is 9.74 Å². The van der Waals surface area contributed by atoms with E-state index in [-0.39, 0.29) is 6.09 Å². The number of carbonyl (C=O) groups is 1. The lowest BCUT2D eigenvalue weighted by molar-refractivity contribution is 0.0765. The van der Waals surface area contributed by atoms with Gasteiger partial charge in [-0.25, -0.2) is 4.79 Å². The van der Waals surface area contributed by atoms with Gasteiger partial charge in [-0.3, -0.25) is 0 Å². The summed E-state index contributed by atoms with van der Waals surface area (Å²) in [6.45, 7) is 1.61. The Kier molecular flexibility index (Phi) is 2.06. The molecule has 1 aromatic carbocycles. The number of aromatic nitrogens is 1. The summed E-state index contributed by atoms with van der Waals surface area (Å²) >= 11 is 0. The third kappa shape index (κ3) is 1.43. The predicted octanol–water partition coefficient (Wildman–Crippen LogP) is 1.90. The van der Waals surface area contributed by atoms with Crippen molar-refractivity contribution in [2.75, 3.05) is 13.1 Å². The van der Waals surface area contributed by atoms with Crippen molar-refractivity contribution in [2.24, 2.45) is 0 Å². The van der Waals surface area contributed by atoms with Crippen LogP contribution in [0.2, 0.25) is 0 Å². The molecule has 0 bridgehead atoms. The van der Waals surface area contributed by atoms with Gasteiger partial charge in [-0.05, 0) is 18.6 Å². The Balaban J connectivity index is 1.86. The zero-order chi connectivity index (χ0) is 11.0. The van der Waals surface area contributed by atoms with Crippen LogP contribution in [0.1, 0.15) is 6.42 Å². The number of fused-ring (bicyclic) bond motifs is 1. The molecule has 0 aliphatic carbocycles. The van der Waals surface area contributed by atoms with Gasteiger partial charge in [-0.2, -0.15) is 4.73 Å². The zero-order valence-corrected chi connectivity index (χ0v) is 8.80. The molecule has 1 saturated heterocycles. The molecule has 4 nitrogen and oxygen atoms in total. The van der Waals surface area contributed by atoms with Crippen molar-refractivity contribution in [3.05, 3.63) is 36.5 Å². The summed E-state index contributed by atoms with van der Waals surface area (Å²) in [7, 11) is 0. The number of nitrogens with zero attached hydrogens (tertiary/aromatic N) is 2. The number of likely N-dealkylation sites (tertiary alicyclic amines) is 1. The molecule has 2 heterocycles. The Hall–Kier alpha value is -1.97. The highest BCUT2D eigenvalue weighted by molar-refractivity contribution is 5.80. The first-order chi connectivity index (χ1) is 7.84. The number of hydrogen-bond acceptors (Lipinski definition) is 2. The third-order valence-electron chi connectivity index (χ3n) is 2.85. The average molecular weight is 216 g/mol. The van der Waals surface area contributed by atoms with Gasteiger partial charge in [0.2, 0.25) is 0 Å². The fourth-order valence-corrected chi connectivity index (χ4v) is 1.78. The molecular weight excluding hydrogens is 204 g/mol. The fraction of sp³-hybridized carbons (Fsp3) is 0.250. The fourth-order valence-electron chi connectivity index (χ4n) is 1.78. The van der Waals surface area contributed by atoms with E-state index in [1.54, 1.807) is 11.1 Å². The number of hydrogen-bond donors (Lipinski definition) is 0. The molecule has 0 radical (unpaired) electrons. The van der Waals surface area contributed by atoms with Crippen LogP contribution in [-0.4, -0.2) is 28.8 Å². The van der Waals surface area contributed by atoms with Crippen molar-refractivity contribution in [1.82, 2.24) is 9.63 Å².